The molecule has 4 heteroatoms. The second-order valence-electron chi connectivity index (χ2n) is 4.55. The highest BCUT2D eigenvalue weighted by molar-refractivity contribution is 5.95. The van der Waals surface area contributed by atoms with Crippen LogP contribution >= 0.6 is 0 Å². The van der Waals surface area contributed by atoms with Crippen LogP contribution in [-0.2, 0) is 9.59 Å². The van der Waals surface area contributed by atoms with Crippen molar-refractivity contribution in [3.63, 3.8) is 0 Å². The second kappa shape index (κ2) is 5.52. The lowest BCUT2D eigenvalue weighted by Crippen LogP contribution is -2.19. The lowest BCUT2D eigenvalue weighted by Gasteiger charge is -2.08. The van der Waals surface area contributed by atoms with Crippen LogP contribution in [0.1, 0.15) is 13.3 Å². The van der Waals surface area contributed by atoms with Gasteiger partial charge < -0.3 is 10.4 Å². The van der Waals surface area contributed by atoms with Gasteiger partial charge in [0.1, 0.15) is 0 Å². The van der Waals surface area contributed by atoms with Gasteiger partial charge in [-0.2, -0.15) is 0 Å². The Hall–Kier alpha value is -2.36. The van der Waals surface area contributed by atoms with E-state index in [1.807, 2.05) is 42.5 Å². The average Bonchev–Trinajstić information content (AvgIpc) is 2.38. The molecule has 0 radical (unpaired) electrons. The molecule has 0 aliphatic rings. The summed E-state index contributed by atoms with van der Waals surface area (Å²) >= 11 is 0. The third kappa shape index (κ3) is 3.31. The molecule has 2 rings (SSSR count). The minimum atomic E-state index is -0.964. The van der Waals surface area contributed by atoms with Gasteiger partial charge in [0.2, 0.25) is 5.91 Å². The molecule has 0 heterocycles. The normalized spacial score (nSPS) is 12.1. The van der Waals surface area contributed by atoms with Crippen LogP contribution in [0.2, 0.25) is 0 Å². The molecular formula is C15H15NO3. The molecule has 0 saturated carbocycles. The fourth-order valence-corrected chi connectivity index (χ4v) is 1.84. The maximum absolute atomic E-state index is 11.7. The molecule has 19 heavy (non-hydrogen) atoms. The van der Waals surface area contributed by atoms with Crippen LogP contribution in [0.25, 0.3) is 10.8 Å². The van der Waals surface area contributed by atoms with E-state index < -0.39 is 11.9 Å². The first kappa shape index (κ1) is 13.1. The summed E-state index contributed by atoms with van der Waals surface area (Å²) in [6, 6.07) is 13.4. The van der Waals surface area contributed by atoms with Crippen molar-refractivity contribution in [2.24, 2.45) is 5.92 Å². The molecule has 2 N–H and O–H groups in total. The number of hydrogen-bond donors (Lipinski definition) is 2. The van der Waals surface area contributed by atoms with E-state index >= 15 is 0 Å². The lowest BCUT2D eigenvalue weighted by atomic mass is 10.1. The number of aliphatic carboxylic acids is 1. The van der Waals surface area contributed by atoms with E-state index in [2.05, 4.69) is 5.32 Å². The molecule has 0 spiro atoms. The van der Waals surface area contributed by atoms with Gasteiger partial charge in [0, 0.05) is 12.1 Å². The van der Waals surface area contributed by atoms with Crippen LogP contribution in [0.15, 0.2) is 42.5 Å². The summed E-state index contributed by atoms with van der Waals surface area (Å²) in [6.45, 7) is 1.52. The van der Waals surface area contributed by atoms with Gasteiger partial charge in [-0.3, -0.25) is 9.59 Å². The van der Waals surface area contributed by atoms with Gasteiger partial charge in [-0.15, -0.1) is 0 Å². The molecule has 4 nitrogen and oxygen atoms in total. The summed E-state index contributed by atoms with van der Waals surface area (Å²) in [5.74, 6) is -1.93. The smallest absolute Gasteiger partial charge is 0.306 e. The Morgan fingerprint density at radius 1 is 1.16 bits per heavy atom. The predicted molar refractivity (Wildman–Crippen MR) is 74.0 cm³/mol. The van der Waals surface area contributed by atoms with E-state index in [-0.39, 0.29) is 12.3 Å². The van der Waals surface area contributed by atoms with Gasteiger partial charge in [0.15, 0.2) is 0 Å². The number of carboxylic acids is 1. The van der Waals surface area contributed by atoms with Crippen molar-refractivity contribution < 1.29 is 14.7 Å². The fourth-order valence-electron chi connectivity index (χ4n) is 1.84. The van der Waals surface area contributed by atoms with Crippen molar-refractivity contribution in [1.29, 1.82) is 0 Å². The number of hydrogen-bond acceptors (Lipinski definition) is 2. The van der Waals surface area contributed by atoms with Crippen LogP contribution in [0, 0.1) is 5.92 Å². The van der Waals surface area contributed by atoms with Crippen LogP contribution in [0.3, 0.4) is 0 Å². The second-order valence-corrected chi connectivity index (χ2v) is 4.55. The molecule has 0 aliphatic heterocycles. The number of nitrogens with one attached hydrogen (secondary N) is 1. The monoisotopic (exact) mass is 257 g/mol. The number of carbonyl (C=O) groups excluding carboxylic acids is 1. The Labute approximate surface area is 111 Å². The quantitative estimate of drug-likeness (QED) is 0.885. The van der Waals surface area contributed by atoms with E-state index in [1.165, 1.54) is 6.92 Å². The Balaban J connectivity index is 2.09. The predicted octanol–water partition coefficient (Wildman–Crippen LogP) is 2.89. The lowest BCUT2D eigenvalue weighted by molar-refractivity contribution is -0.142. The third-order valence-corrected chi connectivity index (χ3v) is 2.95. The highest BCUT2D eigenvalue weighted by Gasteiger charge is 2.15. The van der Waals surface area contributed by atoms with Gasteiger partial charge in [0.05, 0.1) is 5.92 Å². The van der Waals surface area contributed by atoms with Crippen molar-refractivity contribution in [3.05, 3.63) is 42.5 Å². The number of fused-ring (bicyclic) bond motifs is 1. The summed E-state index contributed by atoms with van der Waals surface area (Å²) in [5, 5.41) is 13.6. The summed E-state index contributed by atoms with van der Waals surface area (Å²) in [5.41, 5.74) is 0.682. The molecule has 0 saturated heterocycles. The fraction of sp³-hybridized carbons (Fsp3) is 0.200. The Kier molecular flexibility index (Phi) is 3.80. The summed E-state index contributed by atoms with van der Waals surface area (Å²) in [7, 11) is 0. The maximum Gasteiger partial charge on any atom is 0.306 e. The highest BCUT2D eigenvalue weighted by atomic mass is 16.4. The molecule has 1 atom stereocenters. The van der Waals surface area contributed by atoms with Gasteiger partial charge in [-0.25, -0.2) is 0 Å². The van der Waals surface area contributed by atoms with Crippen LogP contribution in [0.5, 0.6) is 0 Å². The van der Waals surface area contributed by atoms with Gasteiger partial charge >= 0.3 is 5.97 Å². The first-order valence-electron chi connectivity index (χ1n) is 6.08. The Morgan fingerprint density at radius 2 is 1.84 bits per heavy atom. The first-order chi connectivity index (χ1) is 9.06. The summed E-state index contributed by atoms with van der Waals surface area (Å²) in [4.78, 5) is 22.4. The molecule has 0 aliphatic carbocycles. The molecule has 1 unspecified atom stereocenters. The summed E-state index contributed by atoms with van der Waals surface area (Å²) < 4.78 is 0. The number of benzene rings is 2. The Bertz CT molecular complexity index is 622. The van der Waals surface area contributed by atoms with Gasteiger partial charge in [-0.05, 0) is 22.9 Å². The van der Waals surface area contributed by atoms with Crippen LogP contribution in [-0.4, -0.2) is 17.0 Å². The minimum Gasteiger partial charge on any atom is -0.481 e. The number of amides is 1. The van der Waals surface area contributed by atoms with Crippen molar-refractivity contribution in [3.8, 4) is 0 Å². The SMILES string of the molecule is CC(CC(=O)Nc1ccc2ccccc2c1)C(=O)O. The zero-order valence-corrected chi connectivity index (χ0v) is 10.6. The van der Waals surface area contributed by atoms with Crippen molar-refractivity contribution >= 4 is 28.3 Å². The third-order valence-electron chi connectivity index (χ3n) is 2.95. The number of rotatable bonds is 4. The van der Waals surface area contributed by atoms with Crippen molar-refractivity contribution in [2.75, 3.05) is 5.32 Å². The number of anilines is 1. The topological polar surface area (TPSA) is 66.4 Å². The molecule has 0 bridgehead atoms. The maximum atomic E-state index is 11.7. The van der Waals surface area contributed by atoms with Gasteiger partial charge in [-0.1, -0.05) is 37.3 Å². The van der Waals surface area contributed by atoms with E-state index in [0.29, 0.717) is 5.69 Å². The molecule has 0 fully saturated rings. The van der Waals surface area contributed by atoms with Crippen molar-refractivity contribution in [2.45, 2.75) is 13.3 Å². The zero-order valence-electron chi connectivity index (χ0n) is 10.6. The first-order valence-corrected chi connectivity index (χ1v) is 6.08. The van der Waals surface area contributed by atoms with E-state index in [0.717, 1.165) is 10.8 Å². The van der Waals surface area contributed by atoms with E-state index in [4.69, 9.17) is 5.11 Å². The molecule has 2 aromatic rings. The van der Waals surface area contributed by atoms with E-state index in [9.17, 15) is 9.59 Å². The van der Waals surface area contributed by atoms with Crippen molar-refractivity contribution in [1.82, 2.24) is 0 Å². The molecule has 2 aromatic carbocycles. The number of carboxylic acid groups (broad SMARTS) is 1. The molecule has 98 valence electrons. The zero-order chi connectivity index (χ0) is 13.8. The molecule has 1 amide bonds. The minimum absolute atomic E-state index is 0.0256. The van der Waals surface area contributed by atoms with Gasteiger partial charge in [0.25, 0.3) is 0 Å². The van der Waals surface area contributed by atoms with Crippen LogP contribution < -0.4 is 5.32 Å². The summed E-state index contributed by atoms with van der Waals surface area (Å²) in [6.07, 6.45) is -0.0256. The van der Waals surface area contributed by atoms with E-state index in [1.54, 1.807) is 0 Å². The average molecular weight is 257 g/mol. The van der Waals surface area contributed by atoms with Crippen LogP contribution in [0.4, 0.5) is 5.69 Å². The standard InChI is InChI=1S/C15H15NO3/c1-10(15(18)19)8-14(17)16-13-7-6-11-4-2-3-5-12(11)9-13/h2-7,9-10H,8H2,1H3,(H,16,17)(H,18,19). The largest absolute Gasteiger partial charge is 0.481 e. The number of carbonyl (C=O) groups is 2. The highest BCUT2D eigenvalue weighted by Crippen LogP contribution is 2.19. The Morgan fingerprint density at radius 3 is 2.53 bits per heavy atom. The molecule has 0 aromatic heterocycles. The molecular weight excluding hydrogens is 242 g/mol.